The number of nitrogens with one attached hydrogen (secondary N) is 1. The van der Waals surface area contributed by atoms with Crippen molar-refractivity contribution in [2.75, 3.05) is 31.6 Å². The molecule has 1 fully saturated rings. The van der Waals surface area contributed by atoms with Gasteiger partial charge in [-0.15, -0.1) is 11.3 Å². The molecular weight excluding hydrogens is 468 g/mol. The molecule has 36 heavy (non-hydrogen) atoms. The summed E-state index contributed by atoms with van der Waals surface area (Å²) in [5.41, 5.74) is 4.06. The molecule has 0 amide bonds. The summed E-state index contributed by atoms with van der Waals surface area (Å²) < 4.78 is 7.93. The lowest BCUT2D eigenvalue weighted by Gasteiger charge is -2.15. The SMILES string of the molecule is Cc1cnc(Nc2ccc(OCCN3CCCC3)cc2)nc1-c1ccc(-c2cnn(CC(C)C)c2)s1. The second-order valence-electron chi connectivity index (χ2n) is 9.78. The summed E-state index contributed by atoms with van der Waals surface area (Å²) in [5.74, 6) is 2.03. The van der Waals surface area contributed by atoms with Gasteiger partial charge >= 0.3 is 0 Å². The van der Waals surface area contributed by atoms with Gasteiger partial charge in [-0.1, -0.05) is 13.8 Å². The molecule has 4 heterocycles. The molecule has 1 aliphatic heterocycles. The van der Waals surface area contributed by atoms with E-state index in [2.05, 4.69) is 52.5 Å². The first-order valence-electron chi connectivity index (χ1n) is 12.7. The largest absolute Gasteiger partial charge is 0.492 e. The Bertz CT molecular complexity index is 1270. The van der Waals surface area contributed by atoms with Gasteiger partial charge in [0, 0.05) is 41.6 Å². The Morgan fingerprint density at radius 2 is 1.81 bits per heavy atom. The van der Waals surface area contributed by atoms with Crippen LogP contribution in [0.1, 0.15) is 32.3 Å². The number of nitrogens with zero attached hydrogens (tertiary/aromatic N) is 5. The van der Waals surface area contributed by atoms with Crippen LogP contribution in [0, 0.1) is 12.8 Å². The van der Waals surface area contributed by atoms with Crippen molar-refractivity contribution in [3.63, 3.8) is 0 Å². The monoisotopic (exact) mass is 502 g/mol. The number of rotatable bonds is 10. The Morgan fingerprint density at radius 3 is 2.58 bits per heavy atom. The first-order valence-corrected chi connectivity index (χ1v) is 13.5. The molecule has 188 valence electrons. The summed E-state index contributed by atoms with van der Waals surface area (Å²) in [7, 11) is 0. The molecule has 1 N–H and O–H groups in total. The van der Waals surface area contributed by atoms with E-state index in [9.17, 15) is 0 Å². The smallest absolute Gasteiger partial charge is 0.227 e. The van der Waals surface area contributed by atoms with Crippen molar-refractivity contribution in [1.29, 1.82) is 0 Å². The van der Waals surface area contributed by atoms with Gasteiger partial charge in [-0.05, 0) is 80.7 Å². The first kappa shape index (κ1) is 24.5. The highest BCUT2D eigenvalue weighted by molar-refractivity contribution is 7.18. The predicted molar refractivity (Wildman–Crippen MR) is 147 cm³/mol. The molecular formula is C28H34N6OS. The highest BCUT2D eigenvalue weighted by Gasteiger charge is 2.13. The van der Waals surface area contributed by atoms with Crippen molar-refractivity contribution in [2.24, 2.45) is 5.92 Å². The van der Waals surface area contributed by atoms with Crippen LogP contribution in [0.3, 0.4) is 0 Å². The minimum Gasteiger partial charge on any atom is -0.492 e. The molecule has 1 saturated heterocycles. The van der Waals surface area contributed by atoms with Crippen LogP contribution in [-0.4, -0.2) is 50.9 Å². The van der Waals surface area contributed by atoms with Gasteiger partial charge in [0.2, 0.25) is 5.95 Å². The van der Waals surface area contributed by atoms with Gasteiger partial charge in [0.15, 0.2) is 0 Å². The average Bonchev–Trinajstić information content (AvgIpc) is 3.63. The molecule has 0 aliphatic carbocycles. The van der Waals surface area contributed by atoms with Gasteiger partial charge < -0.3 is 10.1 Å². The van der Waals surface area contributed by atoms with E-state index < -0.39 is 0 Å². The average molecular weight is 503 g/mol. The Kier molecular flexibility index (Phi) is 7.63. The van der Waals surface area contributed by atoms with Crippen molar-refractivity contribution >= 4 is 23.0 Å². The maximum Gasteiger partial charge on any atom is 0.227 e. The molecule has 0 saturated carbocycles. The molecule has 1 aromatic carbocycles. The number of thiophene rings is 1. The van der Waals surface area contributed by atoms with E-state index in [0.717, 1.165) is 52.8 Å². The Labute approximate surface area is 217 Å². The normalized spacial score (nSPS) is 14.0. The van der Waals surface area contributed by atoms with Crippen LogP contribution in [-0.2, 0) is 6.54 Å². The predicted octanol–water partition coefficient (Wildman–Crippen LogP) is 6.25. The molecule has 0 spiro atoms. The van der Waals surface area contributed by atoms with Crippen LogP contribution in [0.4, 0.5) is 11.6 Å². The summed E-state index contributed by atoms with van der Waals surface area (Å²) in [4.78, 5) is 14.1. The number of benzene rings is 1. The van der Waals surface area contributed by atoms with E-state index in [1.165, 1.54) is 30.8 Å². The zero-order valence-electron chi connectivity index (χ0n) is 21.3. The summed E-state index contributed by atoms with van der Waals surface area (Å²) in [6, 6.07) is 12.3. The fourth-order valence-electron chi connectivity index (χ4n) is 4.40. The number of hydrogen-bond acceptors (Lipinski definition) is 7. The van der Waals surface area contributed by atoms with Crippen molar-refractivity contribution in [3.8, 4) is 26.8 Å². The molecule has 0 radical (unpaired) electrons. The van der Waals surface area contributed by atoms with Crippen LogP contribution < -0.4 is 10.1 Å². The van der Waals surface area contributed by atoms with Crippen molar-refractivity contribution in [2.45, 2.75) is 40.2 Å². The minimum absolute atomic E-state index is 0.565. The van der Waals surface area contributed by atoms with Crippen LogP contribution in [0.2, 0.25) is 0 Å². The summed E-state index contributed by atoms with van der Waals surface area (Å²) >= 11 is 1.73. The van der Waals surface area contributed by atoms with Gasteiger partial charge in [0.1, 0.15) is 12.4 Å². The standard InChI is InChI=1S/C28H34N6OS/c1-20(2)18-34-19-22(17-30-34)25-10-11-26(36-25)27-21(3)16-29-28(32-27)31-23-6-8-24(9-7-23)35-15-14-33-12-4-5-13-33/h6-11,16-17,19-20H,4-5,12-15,18H2,1-3H3,(H,29,31,32). The number of aromatic nitrogens is 4. The molecule has 7 nitrogen and oxygen atoms in total. The van der Waals surface area contributed by atoms with E-state index in [1.54, 1.807) is 11.3 Å². The first-order chi connectivity index (χ1) is 17.5. The van der Waals surface area contributed by atoms with Crippen molar-refractivity contribution in [3.05, 3.63) is 60.6 Å². The molecule has 3 aromatic heterocycles. The van der Waals surface area contributed by atoms with E-state index in [1.807, 2.05) is 48.3 Å². The van der Waals surface area contributed by atoms with E-state index in [4.69, 9.17) is 9.72 Å². The Hall–Kier alpha value is -3.23. The number of hydrogen-bond donors (Lipinski definition) is 1. The van der Waals surface area contributed by atoms with Gasteiger partial charge in [0.05, 0.1) is 16.8 Å². The number of aryl methyl sites for hydroxylation is 1. The highest BCUT2D eigenvalue weighted by Crippen LogP contribution is 2.35. The zero-order valence-corrected chi connectivity index (χ0v) is 22.1. The van der Waals surface area contributed by atoms with E-state index >= 15 is 0 Å². The molecule has 0 bridgehead atoms. The number of likely N-dealkylation sites (tertiary alicyclic amines) is 1. The number of anilines is 2. The second kappa shape index (κ2) is 11.2. The third-order valence-corrected chi connectivity index (χ3v) is 7.41. The summed E-state index contributed by atoms with van der Waals surface area (Å²) in [6.07, 6.45) is 8.55. The van der Waals surface area contributed by atoms with Crippen LogP contribution in [0.25, 0.3) is 21.0 Å². The number of ether oxygens (including phenoxy) is 1. The van der Waals surface area contributed by atoms with Crippen molar-refractivity contribution < 1.29 is 4.74 Å². The fraction of sp³-hybridized carbons (Fsp3) is 0.393. The molecule has 4 aromatic rings. The fourth-order valence-corrected chi connectivity index (χ4v) is 5.43. The van der Waals surface area contributed by atoms with Crippen LogP contribution in [0.15, 0.2) is 55.0 Å². The molecule has 5 rings (SSSR count). The van der Waals surface area contributed by atoms with E-state index in [-0.39, 0.29) is 0 Å². The minimum atomic E-state index is 0.565. The van der Waals surface area contributed by atoms with Crippen molar-refractivity contribution in [1.82, 2.24) is 24.6 Å². The summed E-state index contributed by atoms with van der Waals surface area (Å²) in [6.45, 7) is 11.5. The summed E-state index contributed by atoms with van der Waals surface area (Å²) in [5, 5.41) is 7.84. The second-order valence-corrected chi connectivity index (χ2v) is 10.9. The third-order valence-electron chi connectivity index (χ3n) is 6.27. The maximum absolute atomic E-state index is 5.92. The van der Waals surface area contributed by atoms with Gasteiger partial charge in [-0.2, -0.15) is 5.10 Å². The molecule has 8 heteroatoms. The Balaban J connectivity index is 1.23. The third kappa shape index (κ3) is 6.12. The lowest BCUT2D eigenvalue weighted by atomic mass is 10.2. The molecule has 0 atom stereocenters. The zero-order chi connectivity index (χ0) is 24.9. The maximum atomic E-state index is 5.92. The van der Waals surface area contributed by atoms with Gasteiger partial charge in [-0.3, -0.25) is 9.58 Å². The lowest BCUT2D eigenvalue weighted by molar-refractivity contribution is 0.238. The lowest BCUT2D eigenvalue weighted by Crippen LogP contribution is -2.25. The van der Waals surface area contributed by atoms with E-state index in [0.29, 0.717) is 11.9 Å². The van der Waals surface area contributed by atoms with Crippen LogP contribution in [0.5, 0.6) is 5.75 Å². The van der Waals surface area contributed by atoms with Crippen LogP contribution >= 0.6 is 11.3 Å². The van der Waals surface area contributed by atoms with Gasteiger partial charge in [-0.25, -0.2) is 9.97 Å². The van der Waals surface area contributed by atoms with Gasteiger partial charge in [0.25, 0.3) is 0 Å². The highest BCUT2D eigenvalue weighted by atomic mass is 32.1. The Morgan fingerprint density at radius 1 is 1.03 bits per heavy atom. The molecule has 0 unspecified atom stereocenters. The quantitative estimate of drug-likeness (QED) is 0.276. The molecule has 1 aliphatic rings. The topological polar surface area (TPSA) is 68.1 Å².